The fourth-order valence-electron chi connectivity index (χ4n) is 4.32. The minimum absolute atomic E-state index is 0.143. The van der Waals surface area contributed by atoms with E-state index in [1.54, 1.807) is 36.1 Å². The van der Waals surface area contributed by atoms with Crippen molar-refractivity contribution in [3.8, 4) is 16.9 Å². The first kappa shape index (κ1) is 19.8. The Kier molecular flexibility index (Phi) is 4.43. The van der Waals surface area contributed by atoms with Crippen LogP contribution in [0.15, 0.2) is 48.8 Å². The zero-order chi connectivity index (χ0) is 22.7. The maximum Gasteiger partial charge on any atom is 0.256 e. The zero-order valence-corrected chi connectivity index (χ0v) is 17.9. The van der Waals surface area contributed by atoms with Gasteiger partial charge in [0.1, 0.15) is 22.9 Å². The largest absolute Gasteiger partial charge is 0.488 e. The number of amides is 1. The highest BCUT2D eigenvalue weighted by molar-refractivity contribution is 5.98. The summed E-state index contributed by atoms with van der Waals surface area (Å²) in [5.41, 5.74) is 2.69. The van der Waals surface area contributed by atoms with Crippen LogP contribution in [0.4, 0.5) is 8.78 Å². The average molecular weight is 446 g/mol. The summed E-state index contributed by atoms with van der Waals surface area (Å²) in [7, 11) is 1.80. The Morgan fingerprint density at radius 2 is 1.91 bits per heavy atom. The normalized spacial score (nSPS) is 15.4. The molecule has 2 aromatic heterocycles. The molecule has 1 amide bonds. The number of benzene rings is 2. The second-order valence-electron chi connectivity index (χ2n) is 8.57. The van der Waals surface area contributed by atoms with Gasteiger partial charge < -0.3 is 9.64 Å². The Morgan fingerprint density at radius 1 is 1.12 bits per heavy atom. The lowest BCUT2D eigenvalue weighted by atomic mass is 9.99. The first-order valence-corrected chi connectivity index (χ1v) is 10.8. The Morgan fingerprint density at radius 3 is 2.64 bits per heavy atom. The molecule has 6 rings (SSSR count). The van der Waals surface area contributed by atoms with Crippen LogP contribution in [0.1, 0.15) is 34.5 Å². The molecule has 1 aliphatic heterocycles. The number of aromatic nitrogens is 3. The number of aryl methyl sites for hydroxylation is 1. The standard InChI is InChI=1S/C25H20F2N4O2/c1-30-11-18-16(6-7-23(24(18)29-30)33-15-4-5-15)14-9-20(26)19(21(27)10-14)12-31-13-22-17(25(31)32)3-2-8-28-22/h2-3,6-11,15H,4-5,12-13H2,1H3. The van der Waals surface area contributed by atoms with Gasteiger partial charge in [-0.05, 0) is 60.4 Å². The number of hydrogen-bond acceptors (Lipinski definition) is 4. The summed E-state index contributed by atoms with van der Waals surface area (Å²) >= 11 is 0. The molecule has 2 aromatic carbocycles. The van der Waals surface area contributed by atoms with E-state index in [4.69, 9.17) is 4.74 Å². The number of ether oxygens (including phenoxy) is 1. The lowest BCUT2D eigenvalue weighted by molar-refractivity contribution is 0.0763. The van der Waals surface area contributed by atoms with E-state index in [2.05, 4.69) is 10.1 Å². The molecule has 33 heavy (non-hydrogen) atoms. The molecule has 0 bridgehead atoms. The first-order chi connectivity index (χ1) is 16.0. The van der Waals surface area contributed by atoms with Gasteiger partial charge in [-0.25, -0.2) is 8.78 Å². The van der Waals surface area contributed by atoms with Gasteiger partial charge in [-0.1, -0.05) is 0 Å². The predicted molar refractivity (Wildman–Crippen MR) is 118 cm³/mol. The minimum atomic E-state index is -0.697. The van der Waals surface area contributed by atoms with Crippen LogP contribution in [-0.4, -0.2) is 31.7 Å². The van der Waals surface area contributed by atoms with E-state index in [-0.39, 0.29) is 30.7 Å². The minimum Gasteiger partial charge on any atom is -0.488 e. The number of hydrogen-bond donors (Lipinski definition) is 0. The molecule has 4 aromatic rings. The quantitative estimate of drug-likeness (QED) is 0.449. The number of fused-ring (bicyclic) bond motifs is 2. The van der Waals surface area contributed by atoms with Crippen LogP contribution in [0.3, 0.4) is 0 Å². The summed E-state index contributed by atoms with van der Waals surface area (Å²) in [4.78, 5) is 18.2. The van der Waals surface area contributed by atoms with E-state index in [1.165, 1.54) is 17.0 Å². The molecular formula is C25H20F2N4O2. The van der Waals surface area contributed by atoms with Crippen molar-refractivity contribution in [2.75, 3.05) is 0 Å². The van der Waals surface area contributed by atoms with Crippen molar-refractivity contribution >= 4 is 16.8 Å². The summed E-state index contributed by atoms with van der Waals surface area (Å²) in [5.74, 6) is -0.992. The lowest BCUT2D eigenvalue weighted by Crippen LogP contribution is -2.24. The highest BCUT2D eigenvalue weighted by atomic mass is 19.1. The average Bonchev–Trinajstić information content (AvgIpc) is 3.44. The van der Waals surface area contributed by atoms with Crippen molar-refractivity contribution in [2.24, 2.45) is 7.05 Å². The Bertz CT molecular complexity index is 1400. The number of rotatable bonds is 5. The summed E-state index contributed by atoms with van der Waals surface area (Å²) < 4.78 is 37.9. The van der Waals surface area contributed by atoms with Crippen LogP contribution in [0.5, 0.6) is 5.75 Å². The van der Waals surface area contributed by atoms with Crippen LogP contribution in [0, 0.1) is 11.6 Å². The fraction of sp³-hybridized carbons (Fsp3) is 0.240. The van der Waals surface area contributed by atoms with Crippen molar-refractivity contribution in [3.05, 3.63) is 77.2 Å². The van der Waals surface area contributed by atoms with Gasteiger partial charge in [0.15, 0.2) is 0 Å². The van der Waals surface area contributed by atoms with Crippen molar-refractivity contribution in [2.45, 2.75) is 32.0 Å². The third kappa shape index (κ3) is 3.42. The number of nitrogens with zero attached hydrogens (tertiary/aromatic N) is 4. The van der Waals surface area contributed by atoms with E-state index in [9.17, 15) is 4.79 Å². The number of halogens is 2. The highest BCUT2D eigenvalue weighted by Gasteiger charge is 2.30. The second-order valence-corrected chi connectivity index (χ2v) is 8.57. The molecule has 0 spiro atoms. The SMILES string of the molecule is Cn1cc2c(-c3cc(F)c(CN4Cc5ncccc5C4=O)c(F)c3)ccc(OC3CC3)c2n1. The van der Waals surface area contributed by atoms with Crippen LogP contribution in [-0.2, 0) is 20.1 Å². The van der Waals surface area contributed by atoms with E-state index >= 15 is 8.78 Å². The topological polar surface area (TPSA) is 60.2 Å². The summed E-state index contributed by atoms with van der Waals surface area (Å²) in [5, 5.41) is 5.26. The molecule has 1 fully saturated rings. The molecule has 2 aliphatic rings. The maximum absolute atomic E-state index is 15.1. The molecule has 166 valence electrons. The molecule has 8 heteroatoms. The molecule has 0 N–H and O–H groups in total. The predicted octanol–water partition coefficient (Wildman–Crippen LogP) is 4.61. The van der Waals surface area contributed by atoms with Gasteiger partial charge in [-0.3, -0.25) is 14.5 Å². The zero-order valence-electron chi connectivity index (χ0n) is 17.9. The van der Waals surface area contributed by atoms with E-state index in [0.29, 0.717) is 33.7 Å². The molecule has 0 unspecified atom stereocenters. The molecule has 0 saturated heterocycles. The number of carbonyl (C=O) groups excluding carboxylic acids is 1. The van der Waals surface area contributed by atoms with Crippen LogP contribution < -0.4 is 4.74 Å². The van der Waals surface area contributed by atoms with Crippen molar-refractivity contribution < 1.29 is 18.3 Å². The number of carbonyl (C=O) groups is 1. The molecule has 6 nitrogen and oxygen atoms in total. The third-order valence-corrected chi connectivity index (χ3v) is 6.12. The molecular weight excluding hydrogens is 426 g/mol. The molecule has 0 atom stereocenters. The fourth-order valence-corrected chi connectivity index (χ4v) is 4.32. The van der Waals surface area contributed by atoms with Crippen molar-refractivity contribution in [1.82, 2.24) is 19.7 Å². The molecule has 1 saturated carbocycles. The van der Waals surface area contributed by atoms with Crippen LogP contribution in [0.25, 0.3) is 22.0 Å². The van der Waals surface area contributed by atoms with E-state index in [0.717, 1.165) is 18.2 Å². The van der Waals surface area contributed by atoms with Crippen LogP contribution >= 0.6 is 0 Å². The van der Waals surface area contributed by atoms with Gasteiger partial charge in [0.25, 0.3) is 5.91 Å². The van der Waals surface area contributed by atoms with Crippen molar-refractivity contribution in [1.29, 1.82) is 0 Å². The molecule has 0 radical (unpaired) electrons. The Balaban J connectivity index is 1.34. The lowest BCUT2D eigenvalue weighted by Gasteiger charge is -2.17. The first-order valence-electron chi connectivity index (χ1n) is 10.8. The summed E-state index contributed by atoms with van der Waals surface area (Å²) in [6, 6.07) is 9.59. The molecule has 3 heterocycles. The summed E-state index contributed by atoms with van der Waals surface area (Å²) in [6.07, 6.45) is 5.68. The van der Waals surface area contributed by atoms with Gasteiger partial charge in [0.05, 0.1) is 30.5 Å². The van der Waals surface area contributed by atoms with Crippen LogP contribution in [0.2, 0.25) is 0 Å². The smallest absolute Gasteiger partial charge is 0.256 e. The highest BCUT2D eigenvalue weighted by Crippen LogP contribution is 2.37. The van der Waals surface area contributed by atoms with Gasteiger partial charge >= 0.3 is 0 Å². The van der Waals surface area contributed by atoms with Gasteiger partial charge in [-0.15, -0.1) is 0 Å². The Hall–Kier alpha value is -3.81. The monoisotopic (exact) mass is 446 g/mol. The van der Waals surface area contributed by atoms with E-state index < -0.39 is 11.6 Å². The second kappa shape index (κ2) is 7.37. The molecule has 1 aliphatic carbocycles. The summed E-state index contributed by atoms with van der Waals surface area (Å²) in [6.45, 7) is 0.0675. The maximum atomic E-state index is 15.1. The van der Waals surface area contributed by atoms with Gasteiger partial charge in [-0.2, -0.15) is 5.10 Å². The van der Waals surface area contributed by atoms with Gasteiger partial charge in [0, 0.05) is 30.4 Å². The van der Waals surface area contributed by atoms with Gasteiger partial charge in [0.2, 0.25) is 0 Å². The van der Waals surface area contributed by atoms with Crippen molar-refractivity contribution in [3.63, 3.8) is 0 Å². The Labute approximate surface area is 188 Å². The third-order valence-electron chi connectivity index (χ3n) is 6.12. The van der Waals surface area contributed by atoms with E-state index in [1.807, 2.05) is 12.3 Å². The number of pyridine rings is 1.